The topological polar surface area (TPSA) is 117 Å². The van der Waals surface area contributed by atoms with Gasteiger partial charge in [0.25, 0.3) is 0 Å². The minimum absolute atomic E-state index is 0.0493. The molecule has 35 heavy (non-hydrogen) atoms. The molecule has 8 nitrogen and oxygen atoms in total. The van der Waals surface area contributed by atoms with E-state index in [1.165, 1.54) is 0 Å². The van der Waals surface area contributed by atoms with Crippen molar-refractivity contribution in [2.75, 3.05) is 26.9 Å². The Labute approximate surface area is 208 Å². The van der Waals surface area contributed by atoms with E-state index in [9.17, 15) is 19.4 Å². The Kier molecular flexibility index (Phi) is 14.7. The number of phosphoric ester groups is 1. The summed E-state index contributed by atoms with van der Waals surface area (Å²) in [5.74, 6) is -0.191. The minimum Gasteiger partial charge on any atom is -0.396 e. The molecule has 192 valence electrons. The maximum absolute atomic E-state index is 12.8. The molecule has 1 amide bonds. The van der Waals surface area contributed by atoms with E-state index in [0.29, 0.717) is 37.8 Å². The Morgan fingerprint density at radius 1 is 1.23 bits per heavy atom. The fourth-order valence-electron chi connectivity index (χ4n) is 3.40. The first kappa shape index (κ1) is 30.4. The van der Waals surface area contributed by atoms with Crippen LogP contribution in [-0.2, 0) is 18.4 Å². The molecule has 3 N–H and O–H groups in total. The molecule has 1 atom stereocenters. The van der Waals surface area contributed by atoms with Crippen LogP contribution in [0.1, 0.15) is 44.6 Å². The summed E-state index contributed by atoms with van der Waals surface area (Å²) in [5.41, 5.74) is 4.46. The van der Waals surface area contributed by atoms with Crippen molar-refractivity contribution in [2.24, 2.45) is 4.99 Å². The summed E-state index contributed by atoms with van der Waals surface area (Å²) >= 11 is 0. The molecule has 1 unspecified atom stereocenters. The molecule has 1 aromatic carbocycles. The largest absolute Gasteiger partial charge is 0.471 e. The summed E-state index contributed by atoms with van der Waals surface area (Å²) < 4.78 is 20.4. The van der Waals surface area contributed by atoms with Crippen molar-refractivity contribution in [3.63, 3.8) is 0 Å². The van der Waals surface area contributed by atoms with Crippen molar-refractivity contribution in [1.29, 1.82) is 0 Å². The van der Waals surface area contributed by atoms with E-state index >= 15 is 0 Å². The van der Waals surface area contributed by atoms with Gasteiger partial charge in [-0.05, 0) is 61.6 Å². The average molecular weight is 505 g/mol. The van der Waals surface area contributed by atoms with E-state index in [2.05, 4.69) is 28.1 Å². The van der Waals surface area contributed by atoms with Crippen LogP contribution >= 0.6 is 7.82 Å². The Balaban J connectivity index is 3.02. The first-order chi connectivity index (χ1) is 16.8. The molecule has 1 rings (SSSR count). The monoisotopic (exact) mass is 504 g/mol. The van der Waals surface area contributed by atoms with Crippen molar-refractivity contribution < 1.29 is 28.4 Å². The van der Waals surface area contributed by atoms with E-state index in [0.717, 1.165) is 29.4 Å². The average Bonchev–Trinajstić information content (AvgIpc) is 2.85. The second-order valence-electron chi connectivity index (χ2n) is 7.62. The third-order valence-electron chi connectivity index (χ3n) is 5.19. The number of aliphatic hydroxyl groups is 1. The first-order valence-electron chi connectivity index (χ1n) is 11.4. The van der Waals surface area contributed by atoms with Gasteiger partial charge in [0.1, 0.15) is 0 Å². The number of nitrogens with zero attached hydrogens (tertiary/aromatic N) is 1. The summed E-state index contributed by atoms with van der Waals surface area (Å²) in [5, 5.41) is 12.3. The van der Waals surface area contributed by atoms with Gasteiger partial charge in [-0.1, -0.05) is 54.6 Å². The van der Waals surface area contributed by atoms with Gasteiger partial charge < -0.3 is 15.3 Å². The van der Waals surface area contributed by atoms with E-state index in [4.69, 9.17) is 4.52 Å². The Bertz CT molecular complexity index is 969. The molecule has 0 aliphatic heterocycles. The van der Waals surface area contributed by atoms with Crippen molar-refractivity contribution in [1.82, 2.24) is 5.32 Å². The highest BCUT2D eigenvalue weighted by atomic mass is 31.2. The Hall–Kier alpha value is -2.61. The second-order valence-corrected chi connectivity index (χ2v) is 9.18. The van der Waals surface area contributed by atoms with Crippen molar-refractivity contribution in [3.05, 3.63) is 77.5 Å². The lowest BCUT2D eigenvalue weighted by molar-refractivity contribution is -0.120. The van der Waals surface area contributed by atoms with Gasteiger partial charge in [0.05, 0.1) is 13.0 Å². The number of rotatable bonds is 17. The number of benzene rings is 1. The molecule has 0 aromatic heterocycles. The molecular weight excluding hydrogens is 467 g/mol. The van der Waals surface area contributed by atoms with Crippen LogP contribution in [0.25, 0.3) is 5.57 Å². The normalized spacial score (nSPS) is 14.6. The summed E-state index contributed by atoms with van der Waals surface area (Å²) in [4.78, 5) is 25.9. The van der Waals surface area contributed by atoms with Gasteiger partial charge in [-0.15, -0.1) is 0 Å². The highest BCUT2D eigenvalue weighted by Gasteiger charge is 2.18. The van der Waals surface area contributed by atoms with Gasteiger partial charge in [0.2, 0.25) is 5.91 Å². The number of hydrogen-bond donors (Lipinski definition) is 3. The lowest BCUT2D eigenvalue weighted by Gasteiger charge is -2.18. The molecule has 0 heterocycles. The molecule has 0 fully saturated rings. The van der Waals surface area contributed by atoms with E-state index < -0.39 is 7.82 Å². The number of aliphatic imine (C=N–C) groups is 1. The molecule has 9 heteroatoms. The number of allylic oxidation sites excluding steroid dienone is 4. The molecular formula is C26H37N2O6P. The minimum atomic E-state index is -3.98. The van der Waals surface area contributed by atoms with Crippen molar-refractivity contribution in [2.45, 2.75) is 39.0 Å². The van der Waals surface area contributed by atoms with Crippen LogP contribution in [-0.4, -0.2) is 49.5 Å². The number of nitrogens with one attached hydrogen (secondary N) is 1. The summed E-state index contributed by atoms with van der Waals surface area (Å²) in [7, 11) is -2.88. The number of hydrogen-bond acceptors (Lipinski definition) is 6. The highest BCUT2D eigenvalue weighted by molar-refractivity contribution is 7.47. The second kappa shape index (κ2) is 16.9. The van der Waals surface area contributed by atoms with Gasteiger partial charge in [-0.3, -0.25) is 18.8 Å². The first-order valence-corrected chi connectivity index (χ1v) is 12.9. The van der Waals surface area contributed by atoms with Crippen LogP contribution in [0.15, 0.2) is 77.0 Å². The SMILES string of the molecule is C=C/C(C/C(=C\C)CCO)=C(/C(=C\N=C)CC(=O)NCCCCOP(=O)(O)OC)c1ccccc1. The number of unbranched alkanes of at least 4 members (excludes halogenated alkanes) is 1. The molecule has 0 saturated heterocycles. The lowest BCUT2D eigenvalue weighted by Crippen LogP contribution is -2.25. The summed E-state index contributed by atoms with van der Waals surface area (Å²) in [6.07, 6.45) is 7.61. The zero-order valence-electron chi connectivity index (χ0n) is 20.6. The summed E-state index contributed by atoms with van der Waals surface area (Å²) in [6, 6.07) is 9.71. The van der Waals surface area contributed by atoms with Gasteiger partial charge >= 0.3 is 7.82 Å². The molecule has 0 bridgehead atoms. The van der Waals surface area contributed by atoms with E-state index in [1.807, 2.05) is 43.3 Å². The highest BCUT2D eigenvalue weighted by Crippen LogP contribution is 2.41. The standard InChI is InChI=1S/C26H37N2O6P/c1-5-21(14-16-29)18-22(6-2)26(23-12-8-7-9-13-23)24(20-27-3)19-25(30)28-15-10-11-17-34-35(31,32)33-4/h5-9,12-13,20,29H,2-3,10-11,14-19H2,1,4H3,(H,28,30)(H,31,32)/b21-5-,24-20-,26-22-. The maximum Gasteiger partial charge on any atom is 0.471 e. The predicted molar refractivity (Wildman–Crippen MR) is 141 cm³/mol. The number of phosphoric acid groups is 1. The number of carbonyl (C=O) groups excluding carboxylic acids is 1. The Morgan fingerprint density at radius 2 is 1.94 bits per heavy atom. The van der Waals surface area contributed by atoms with Crippen LogP contribution < -0.4 is 5.32 Å². The molecule has 1 aromatic rings. The molecule has 0 spiro atoms. The zero-order valence-corrected chi connectivity index (χ0v) is 21.5. The lowest BCUT2D eigenvalue weighted by atomic mass is 9.88. The molecule has 0 saturated carbocycles. The number of amides is 1. The third kappa shape index (κ3) is 11.6. The van der Waals surface area contributed by atoms with Crippen LogP contribution in [0.2, 0.25) is 0 Å². The van der Waals surface area contributed by atoms with Gasteiger partial charge in [-0.2, -0.15) is 0 Å². The Morgan fingerprint density at radius 3 is 2.51 bits per heavy atom. The van der Waals surface area contributed by atoms with Crippen LogP contribution in [0.3, 0.4) is 0 Å². The zero-order chi connectivity index (χ0) is 26.1. The van der Waals surface area contributed by atoms with Crippen LogP contribution in [0.4, 0.5) is 0 Å². The molecule has 0 aliphatic rings. The quantitative estimate of drug-likeness (QED) is 0.0906. The van der Waals surface area contributed by atoms with E-state index in [1.54, 1.807) is 12.3 Å². The maximum atomic E-state index is 12.8. The van der Waals surface area contributed by atoms with Crippen molar-refractivity contribution in [3.8, 4) is 0 Å². The molecule has 0 aliphatic carbocycles. The fourth-order valence-corrected chi connectivity index (χ4v) is 3.86. The van der Waals surface area contributed by atoms with Gasteiger partial charge in [0.15, 0.2) is 0 Å². The van der Waals surface area contributed by atoms with E-state index in [-0.39, 0.29) is 25.5 Å². The smallest absolute Gasteiger partial charge is 0.396 e. The van der Waals surface area contributed by atoms with Crippen LogP contribution in [0.5, 0.6) is 0 Å². The molecule has 0 radical (unpaired) electrons. The van der Waals surface area contributed by atoms with Crippen LogP contribution in [0, 0.1) is 0 Å². The number of aliphatic hydroxyl groups excluding tert-OH is 1. The predicted octanol–water partition coefficient (Wildman–Crippen LogP) is 4.98. The van der Waals surface area contributed by atoms with Gasteiger partial charge in [-0.25, -0.2) is 4.57 Å². The fraction of sp³-hybridized carbons (Fsp3) is 0.385. The van der Waals surface area contributed by atoms with Crippen molar-refractivity contribution >= 4 is 26.0 Å². The summed E-state index contributed by atoms with van der Waals surface area (Å²) in [6.45, 7) is 10.00. The number of carbonyl (C=O) groups is 1. The third-order valence-corrected chi connectivity index (χ3v) is 6.16. The van der Waals surface area contributed by atoms with Gasteiger partial charge in [0, 0.05) is 26.5 Å².